The molecule has 1 amide bonds. The van der Waals surface area contributed by atoms with Gasteiger partial charge in [-0.05, 0) is 49.1 Å². The number of hydrogen-bond acceptors (Lipinski definition) is 3. The van der Waals surface area contributed by atoms with Crippen LogP contribution in [0.5, 0.6) is 0 Å². The maximum absolute atomic E-state index is 11.8. The Balaban J connectivity index is 1.96. The van der Waals surface area contributed by atoms with E-state index in [1.807, 2.05) is 50.2 Å². The molecule has 2 aromatic rings. The van der Waals surface area contributed by atoms with Crippen LogP contribution in [-0.2, 0) is 24.3 Å². The van der Waals surface area contributed by atoms with Crippen molar-refractivity contribution < 1.29 is 9.53 Å². The molecule has 0 aliphatic carbocycles. The van der Waals surface area contributed by atoms with E-state index in [0.717, 1.165) is 36.6 Å². The zero-order valence-electron chi connectivity index (χ0n) is 17.6. The number of benzene rings is 2. The predicted octanol–water partition coefficient (Wildman–Crippen LogP) is 2.88. The van der Waals surface area contributed by atoms with Crippen LogP contribution < -0.4 is 16.0 Å². The van der Waals surface area contributed by atoms with E-state index in [4.69, 9.17) is 9.73 Å². The third kappa shape index (κ3) is 7.58. The number of amides is 1. The molecule has 0 aliphatic rings. The SMILES string of the molecule is CCNC(=NCc1ccccc1COCC)NCCc1cccc(C(=O)NC)c1. The molecule has 0 atom stereocenters. The molecular weight excluding hydrogens is 364 g/mol. The first-order chi connectivity index (χ1) is 14.2. The molecule has 2 aromatic carbocycles. The normalized spacial score (nSPS) is 11.2. The van der Waals surface area contributed by atoms with Crippen LogP contribution in [0.15, 0.2) is 53.5 Å². The Kier molecular flexibility index (Phi) is 9.72. The minimum absolute atomic E-state index is 0.0690. The molecule has 0 radical (unpaired) electrons. The first-order valence-electron chi connectivity index (χ1n) is 10.2. The lowest BCUT2D eigenvalue weighted by atomic mass is 10.1. The van der Waals surface area contributed by atoms with E-state index in [0.29, 0.717) is 25.3 Å². The topological polar surface area (TPSA) is 74.8 Å². The molecule has 0 fully saturated rings. The van der Waals surface area contributed by atoms with Gasteiger partial charge in [0.2, 0.25) is 0 Å². The summed E-state index contributed by atoms with van der Waals surface area (Å²) in [6.07, 6.45) is 0.802. The fourth-order valence-corrected chi connectivity index (χ4v) is 2.91. The standard InChI is InChI=1S/C23H32N4O2/c1-4-25-23(27-16-20-10-6-7-11-21(20)17-29-5-2)26-14-13-18-9-8-12-19(15-18)22(28)24-3/h6-12,15H,4-5,13-14,16-17H2,1-3H3,(H,24,28)(H2,25,26,27). The molecule has 0 heterocycles. The number of nitrogens with zero attached hydrogens (tertiary/aromatic N) is 1. The van der Waals surface area contributed by atoms with Crippen LogP contribution in [0.3, 0.4) is 0 Å². The monoisotopic (exact) mass is 396 g/mol. The summed E-state index contributed by atoms with van der Waals surface area (Å²) in [6, 6.07) is 15.9. The lowest BCUT2D eigenvalue weighted by Crippen LogP contribution is -2.38. The first kappa shape index (κ1) is 22.4. The molecular formula is C23H32N4O2. The van der Waals surface area contributed by atoms with Crippen LogP contribution in [0.1, 0.15) is 40.9 Å². The average Bonchev–Trinajstić information content (AvgIpc) is 2.76. The largest absolute Gasteiger partial charge is 0.377 e. The summed E-state index contributed by atoms with van der Waals surface area (Å²) in [5, 5.41) is 9.31. The average molecular weight is 397 g/mol. The van der Waals surface area contributed by atoms with Gasteiger partial charge in [-0.25, -0.2) is 4.99 Å². The number of rotatable bonds is 10. The van der Waals surface area contributed by atoms with E-state index < -0.39 is 0 Å². The summed E-state index contributed by atoms with van der Waals surface area (Å²) >= 11 is 0. The Hall–Kier alpha value is -2.86. The van der Waals surface area contributed by atoms with Gasteiger partial charge in [-0.1, -0.05) is 36.4 Å². The van der Waals surface area contributed by atoms with Crippen molar-refractivity contribution in [1.82, 2.24) is 16.0 Å². The molecule has 0 saturated carbocycles. The molecule has 6 heteroatoms. The van der Waals surface area contributed by atoms with Gasteiger partial charge in [0, 0.05) is 32.3 Å². The number of aliphatic imine (C=N–C) groups is 1. The lowest BCUT2D eigenvalue weighted by molar-refractivity contribution is 0.0963. The van der Waals surface area contributed by atoms with Gasteiger partial charge < -0.3 is 20.7 Å². The van der Waals surface area contributed by atoms with Crippen molar-refractivity contribution in [3.63, 3.8) is 0 Å². The Labute approximate surface area is 173 Å². The minimum atomic E-state index is -0.0690. The minimum Gasteiger partial charge on any atom is -0.377 e. The van der Waals surface area contributed by atoms with Crippen molar-refractivity contribution in [3.05, 3.63) is 70.8 Å². The second kappa shape index (κ2) is 12.6. The maximum atomic E-state index is 11.8. The molecule has 2 rings (SSSR count). The van der Waals surface area contributed by atoms with E-state index in [9.17, 15) is 4.79 Å². The number of carbonyl (C=O) groups excluding carboxylic acids is 1. The van der Waals surface area contributed by atoms with E-state index >= 15 is 0 Å². The highest BCUT2D eigenvalue weighted by molar-refractivity contribution is 5.94. The summed E-state index contributed by atoms with van der Waals surface area (Å²) in [7, 11) is 1.64. The van der Waals surface area contributed by atoms with Crippen molar-refractivity contribution >= 4 is 11.9 Å². The molecule has 0 saturated heterocycles. The van der Waals surface area contributed by atoms with Crippen LogP contribution in [0, 0.1) is 0 Å². The number of guanidine groups is 1. The van der Waals surface area contributed by atoms with E-state index in [-0.39, 0.29) is 5.91 Å². The quantitative estimate of drug-likeness (QED) is 0.426. The van der Waals surface area contributed by atoms with Gasteiger partial charge in [-0.2, -0.15) is 0 Å². The van der Waals surface area contributed by atoms with Gasteiger partial charge in [0.25, 0.3) is 5.91 Å². The highest BCUT2D eigenvalue weighted by atomic mass is 16.5. The molecule has 156 valence electrons. The maximum Gasteiger partial charge on any atom is 0.251 e. The number of carbonyl (C=O) groups is 1. The molecule has 0 unspecified atom stereocenters. The summed E-state index contributed by atoms with van der Waals surface area (Å²) in [5.74, 6) is 0.710. The van der Waals surface area contributed by atoms with Crippen LogP contribution in [-0.4, -0.2) is 38.6 Å². The van der Waals surface area contributed by atoms with Gasteiger partial charge in [0.15, 0.2) is 5.96 Å². The van der Waals surface area contributed by atoms with E-state index in [1.54, 1.807) is 7.05 Å². The van der Waals surface area contributed by atoms with Crippen molar-refractivity contribution in [1.29, 1.82) is 0 Å². The zero-order chi connectivity index (χ0) is 20.9. The van der Waals surface area contributed by atoms with Crippen LogP contribution in [0.25, 0.3) is 0 Å². The summed E-state index contributed by atoms with van der Waals surface area (Å²) in [6.45, 7) is 7.45. The van der Waals surface area contributed by atoms with Gasteiger partial charge >= 0.3 is 0 Å². The van der Waals surface area contributed by atoms with Crippen LogP contribution >= 0.6 is 0 Å². The van der Waals surface area contributed by atoms with Gasteiger partial charge in [0.05, 0.1) is 13.2 Å². The molecule has 0 bridgehead atoms. The third-order valence-corrected chi connectivity index (χ3v) is 4.45. The fourth-order valence-electron chi connectivity index (χ4n) is 2.91. The third-order valence-electron chi connectivity index (χ3n) is 4.45. The fraction of sp³-hybridized carbons (Fsp3) is 0.391. The molecule has 6 nitrogen and oxygen atoms in total. The predicted molar refractivity (Wildman–Crippen MR) is 118 cm³/mol. The second-order valence-electron chi connectivity index (χ2n) is 6.56. The van der Waals surface area contributed by atoms with Gasteiger partial charge in [-0.15, -0.1) is 0 Å². The lowest BCUT2D eigenvalue weighted by Gasteiger charge is -2.13. The van der Waals surface area contributed by atoms with Crippen molar-refractivity contribution in [3.8, 4) is 0 Å². The van der Waals surface area contributed by atoms with Gasteiger partial charge in [-0.3, -0.25) is 4.79 Å². The van der Waals surface area contributed by atoms with E-state index in [1.165, 1.54) is 5.56 Å². The number of ether oxygens (including phenoxy) is 1. The Bertz CT molecular complexity index is 805. The van der Waals surface area contributed by atoms with Crippen LogP contribution in [0.4, 0.5) is 0 Å². The van der Waals surface area contributed by atoms with Crippen LogP contribution in [0.2, 0.25) is 0 Å². The molecule has 29 heavy (non-hydrogen) atoms. The summed E-state index contributed by atoms with van der Waals surface area (Å²) < 4.78 is 5.55. The molecule has 0 spiro atoms. The highest BCUT2D eigenvalue weighted by Crippen LogP contribution is 2.11. The Morgan fingerprint density at radius 2 is 1.83 bits per heavy atom. The van der Waals surface area contributed by atoms with Crippen molar-refractivity contribution in [2.24, 2.45) is 4.99 Å². The summed E-state index contributed by atoms with van der Waals surface area (Å²) in [5.41, 5.74) is 4.12. The highest BCUT2D eigenvalue weighted by Gasteiger charge is 2.05. The Morgan fingerprint density at radius 3 is 2.55 bits per heavy atom. The summed E-state index contributed by atoms with van der Waals surface area (Å²) in [4.78, 5) is 16.5. The number of hydrogen-bond donors (Lipinski definition) is 3. The molecule has 0 aromatic heterocycles. The smallest absolute Gasteiger partial charge is 0.251 e. The van der Waals surface area contributed by atoms with E-state index in [2.05, 4.69) is 28.1 Å². The van der Waals surface area contributed by atoms with Crippen molar-refractivity contribution in [2.75, 3.05) is 26.7 Å². The number of nitrogens with one attached hydrogen (secondary N) is 3. The first-order valence-corrected chi connectivity index (χ1v) is 10.2. The molecule has 3 N–H and O–H groups in total. The Morgan fingerprint density at radius 1 is 1.03 bits per heavy atom. The molecule has 0 aliphatic heterocycles. The van der Waals surface area contributed by atoms with Gasteiger partial charge in [0.1, 0.15) is 0 Å². The zero-order valence-corrected chi connectivity index (χ0v) is 17.6. The van der Waals surface area contributed by atoms with Crippen molar-refractivity contribution in [2.45, 2.75) is 33.4 Å². The second-order valence-corrected chi connectivity index (χ2v) is 6.56.